The van der Waals surface area contributed by atoms with Gasteiger partial charge in [0.1, 0.15) is 0 Å². The van der Waals surface area contributed by atoms with Gasteiger partial charge in [0, 0.05) is 20.2 Å². The van der Waals surface area contributed by atoms with Gasteiger partial charge in [-0.25, -0.2) is 4.79 Å². The van der Waals surface area contributed by atoms with Crippen molar-refractivity contribution in [2.24, 2.45) is 0 Å². The van der Waals surface area contributed by atoms with E-state index in [0.717, 1.165) is 31.7 Å². The highest BCUT2D eigenvalue weighted by Crippen LogP contribution is 2.25. The smallest absolute Gasteiger partial charge is 0.335 e. The Labute approximate surface area is 113 Å². The molecule has 0 spiro atoms. The van der Waals surface area contributed by atoms with E-state index in [1.807, 2.05) is 11.9 Å². The lowest BCUT2D eigenvalue weighted by Crippen LogP contribution is -2.33. The SMILES string of the molecule is CN(CC1CCCCO1)c1ccc(C(=O)O)cc1N. The van der Waals surface area contributed by atoms with Gasteiger partial charge in [-0.1, -0.05) is 0 Å². The van der Waals surface area contributed by atoms with E-state index in [9.17, 15) is 4.79 Å². The monoisotopic (exact) mass is 264 g/mol. The molecular weight excluding hydrogens is 244 g/mol. The third kappa shape index (κ3) is 3.38. The molecular formula is C14H20N2O3. The molecule has 1 unspecified atom stereocenters. The Kier molecular flexibility index (Phi) is 4.27. The van der Waals surface area contributed by atoms with Crippen LogP contribution in [0.25, 0.3) is 0 Å². The van der Waals surface area contributed by atoms with E-state index in [1.54, 1.807) is 12.1 Å². The summed E-state index contributed by atoms with van der Waals surface area (Å²) in [6.45, 7) is 1.60. The molecule has 1 fully saturated rings. The van der Waals surface area contributed by atoms with Gasteiger partial charge >= 0.3 is 5.97 Å². The minimum Gasteiger partial charge on any atom is -0.478 e. The summed E-state index contributed by atoms with van der Waals surface area (Å²) in [6.07, 6.45) is 3.64. The molecule has 2 rings (SSSR count). The zero-order chi connectivity index (χ0) is 13.8. The standard InChI is InChI=1S/C14H20N2O3/c1-16(9-11-4-2-3-7-19-11)13-6-5-10(14(17)18)8-12(13)15/h5-6,8,11H,2-4,7,9,15H2,1H3,(H,17,18). The van der Waals surface area contributed by atoms with E-state index in [1.165, 1.54) is 12.5 Å². The number of ether oxygens (including phenoxy) is 1. The van der Waals surface area contributed by atoms with Gasteiger partial charge in [0.2, 0.25) is 0 Å². The van der Waals surface area contributed by atoms with E-state index in [-0.39, 0.29) is 11.7 Å². The maximum Gasteiger partial charge on any atom is 0.335 e. The molecule has 104 valence electrons. The molecule has 0 aromatic heterocycles. The van der Waals surface area contributed by atoms with Crippen LogP contribution in [0.5, 0.6) is 0 Å². The second-order valence-corrected chi connectivity index (χ2v) is 4.95. The minimum absolute atomic E-state index is 0.212. The third-order valence-corrected chi connectivity index (χ3v) is 3.44. The van der Waals surface area contributed by atoms with Crippen molar-refractivity contribution in [3.63, 3.8) is 0 Å². The predicted molar refractivity (Wildman–Crippen MR) is 74.7 cm³/mol. The van der Waals surface area contributed by atoms with Gasteiger partial charge in [-0.2, -0.15) is 0 Å². The summed E-state index contributed by atoms with van der Waals surface area (Å²) >= 11 is 0. The van der Waals surface area contributed by atoms with E-state index in [4.69, 9.17) is 15.6 Å². The summed E-state index contributed by atoms with van der Waals surface area (Å²) in [5.41, 5.74) is 7.46. The Bertz CT molecular complexity index is 456. The number of hydrogen-bond acceptors (Lipinski definition) is 4. The van der Waals surface area contributed by atoms with Gasteiger partial charge in [-0.15, -0.1) is 0 Å². The summed E-state index contributed by atoms with van der Waals surface area (Å²) in [4.78, 5) is 12.9. The first kappa shape index (κ1) is 13.7. The van der Waals surface area contributed by atoms with Crippen LogP contribution in [-0.2, 0) is 4.74 Å². The molecule has 19 heavy (non-hydrogen) atoms. The molecule has 1 aliphatic rings. The molecule has 3 N–H and O–H groups in total. The maximum atomic E-state index is 10.9. The van der Waals surface area contributed by atoms with Gasteiger partial charge in [-0.05, 0) is 37.5 Å². The summed E-state index contributed by atoms with van der Waals surface area (Å²) in [5, 5.41) is 8.91. The highest BCUT2D eigenvalue weighted by molar-refractivity contribution is 5.90. The lowest BCUT2D eigenvalue weighted by atomic mass is 10.1. The van der Waals surface area contributed by atoms with Crippen molar-refractivity contribution >= 4 is 17.3 Å². The molecule has 0 radical (unpaired) electrons. The minimum atomic E-state index is -0.962. The van der Waals surface area contributed by atoms with E-state index < -0.39 is 5.97 Å². The first-order valence-corrected chi connectivity index (χ1v) is 6.53. The Morgan fingerprint density at radius 2 is 2.32 bits per heavy atom. The lowest BCUT2D eigenvalue weighted by molar-refractivity contribution is 0.0216. The third-order valence-electron chi connectivity index (χ3n) is 3.44. The number of carbonyl (C=O) groups is 1. The van der Waals surface area contributed by atoms with E-state index in [0.29, 0.717) is 5.69 Å². The van der Waals surface area contributed by atoms with Gasteiger partial charge in [0.05, 0.1) is 23.0 Å². The maximum absolute atomic E-state index is 10.9. The molecule has 0 aliphatic carbocycles. The molecule has 1 aromatic rings. The highest BCUT2D eigenvalue weighted by atomic mass is 16.5. The average molecular weight is 264 g/mol. The topological polar surface area (TPSA) is 75.8 Å². The van der Waals surface area contributed by atoms with Crippen molar-refractivity contribution < 1.29 is 14.6 Å². The summed E-state index contributed by atoms with van der Waals surface area (Å²) < 4.78 is 5.70. The largest absolute Gasteiger partial charge is 0.478 e. The van der Waals surface area contributed by atoms with Crippen LogP contribution in [0.4, 0.5) is 11.4 Å². The Morgan fingerprint density at radius 3 is 2.89 bits per heavy atom. The molecule has 0 bridgehead atoms. The van der Waals surface area contributed by atoms with Gasteiger partial charge in [0.15, 0.2) is 0 Å². The number of aromatic carboxylic acids is 1. The van der Waals surface area contributed by atoms with E-state index in [2.05, 4.69) is 0 Å². The van der Waals surface area contributed by atoms with Gasteiger partial charge < -0.3 is 20.5 Å². The fraction of sp³-hybridized carbons (Fsp3) is 0.500. The number of benzene rings is 1. The number of nitrogens with zero attached hydrogens (tertiary/aromatic N) is 1. The molecule has 1 saturated heterocycles. The number of carboxylic acid groups (broad SMARTS) is 1. The number of nitrogens with two attached hydrogens (primary N) is 1. The van der Waals surface area contributed by atoms with Crippen LogP contribution in [-0.4, -0.2) is 37.4 Å². The molecule has 1 aromatic carbocycles. The first-order valence-electron chi connectivity index (χ1n) is 6.53. The van der Waals surface area contributed by atoms with Gasteiger partial charge in [0.25, 0.3) is 0 Å². The number of hydrogen-bond donors (Lipinski definition) is 2. The summed E-state index contributed by atoms with van der Waals surface area (Å²) in [6, 6.07) is 4.82. The first-order chi connectivity index (χ1) is 9.08. The zero-order valence-electron chi connectivity index (χ0n) is 11.1. The molecule has 0 amide bonds. The Morgan fingerprint density at radius 1 is 1.53 bits per heavy atom. The highest BCUT2D eigenvalue weighted by Gasteiger charge is 2.17. The molecule has 5 heteroatoms. The predicted octanol–water partition coefficient (Wildman–Crippen LogP) is 1.97. The summed E-state index contributed by atoms with van der Waals surface area (Å²) in [5.74, 6) is -0.962. The molecule has 0 saturated carbocycles. The Hall–Kier alpha value is -1.75. The number of likely N-dealkylation sites (N-methyl/N-ethyl adjacent to an activating group) is 1. The second kappa shape index (κ2) is 5.93. The molecule has 1 heterocycles. The van der Waals surface area contributed by atoms with Crippen LogP contribution in [0, 0.1) is 0 Å². The average Bonchev–Trinajstić information content (AvgIpc) is 2.39. The van der Waals surface area contributed by atoms with Crippen LogP contribution in [0.3, 0.4) is 0 Å². The molecule has 5 nitrogen and oxygen atoms in total. The Balaban J connectivity index is 2.05. The summed E-state index contributed by atoms with van der Waals surface area (Å²) in [7, 11) is 1.95. The fourth-order valence-corrected chi connectivity index (χ4v) is 2.39. The van der Waals surface area contributed by atoms with Crippen LogP contribution >= 0.6 is 0 Å². The van der Waals surface area contributed by atoms with Crippen molar-refractivity contribution in [3.8, 4) is 0 Å². The second-order valence-electron chi connectivity index (χ2n) is 4.95. The van der Waals surface area contributed by atoms with Gasteiger partial charge in [-0.3, -0.25) is 0 Å². The molecule has 1 atom stereocenters. The molecule has 1 aliphatic heterocycles. The quantitative estimate of drug-likeness (QED) is 0.813. The fourth-order valence-electron chi connectivity index (χ4n) is 2.39. The van der Waals surface area contributed by atoms with E-state index >= 15 is 0 Å². The number of rotatable bonds is 4. The van der Waals surface area contributed by atoms with Crippen LogP contribution < -0.4 is 10.6 Å². The normalized spacial score (nSPS) is 19.1. The zero-order valence-corrected chi connectivity index (χ0v) is 11.1. The van der Waals surface area contributed by atoms with Crippen LogP contribution in [0.2, 0.25) is 0 Å². The van der Waals surface area contributed by atoms with Crippen LogP contribution in [0.1, 0.15) is 29.6 Å². The van der Waals surface area contributed by atoms with Crippen molar-refractivity contribution in [1.29, 1.82) is 0 Å². The number of carboxylic acids is 1. The van der Waals surface area contributed by atoms with Crippen molar-refractivity contribution in [1.82, 2.24) is 0 Å². The van der Waals surface area contributed by atoms with Crippen molar-refractivity contribution in [3.05, 3.63) is 23.8 Å². The van der Waals surface area contributed by atoms with Crippen molar-refractivity contribution in [2.75, 3.05) is 30.8 Å². The number of nitrogen functional groups attached to an aromatic ring is 1. The van der Waals surface area contributed by atoms with Crippen molar-refractivity contribution in [2.45, 2.75) is 25.4 Å². The van der Waals surface area contributed by atoms with Crippen LogP contribution in [0.15, 0.2) is 18.2 Å². The lowest BCUT2D eigenvalue weighted by Gasteiger charge is -2.29. The number of anilines is 2.